The first-order valence-electron chi connectivity index (χ1n) is 10.5. The first-order chi connectivity index (χ1) is 14.7. The number of nitrogens with zero attached hydrogens (tertiary/aromatic N) is 1. The van der Waals surface area contributed by atoms with Crippen LogP contribution < -0.4 is 0 Å². The average molecular weight is 426 g/mol. The van der Waals surface area contributed by atoms with Gasteiger partial charge in [-0.25, -0.2) is 4.39 Å². The third-order valence-corrected chi connectivity index (χ3v) is 5.97. The Balaban J connectivity index is 1.56. The molecule has 6 heteroatoms. The van der Waals surface area contributed by atoms with Crippen molar-refractivity contribution >= 4 is 17.7 Å². The molecule has 2 aromatic carbocycles. The van der Waals surface area contributed by atoms with E-state index in [4.69, 9.17) is 4.74 Å². The van der Waals surface area contributed by atoms with Crippen LogP contribution in [0.1, 0.15) is 57.2 Å². The molecule has 0 N–H and O–H groups in total. The number of hydrogen-bond donors (Lipinski definition) is 0. The molecule has 3 rings (SSSR count). The maximum atomic E-state index is 13.1. The molecule has 1 aliphatic heterocycles. The Morgan fingerprint density at radius 1 is 0.968 bits per heavy atom. The van der Waals surface area contributed by atoms with Gasteiger partial charge in [-0.2, -0.15) is 0 Å². The summed E-state index contributed by atoms with van der Waals surface area (Å²) in [7, 11) is 0. The van der Waals surface area contributed by atoms with Crippen molar-refractivity contribution in [3.63, 3.8) is 0 Å². The third kappa shape index (κ3) is 5.19. The summed E-state index contributed by atoms with van der Waals surface area (Å²) in [6, 6.07) is 9.24. The molecule has 0 radical (unpaired) electrons. The number of halogens is 1. The highest BCUT2D eigenvalue weighted by molar-refractivity contribution is 6.01. The standard InChI is InChI=1S/C25H28FNO4/c1-15-13-17(3)22(14-16(15)2)23(28)18(4)31-25(30)20-9-11-27(12-10-20)24(29)19-5-7-21(26)8-6-19/h5-8,13-14,18,20H,9-12H2,1-4H3/t18-/m0/s1. The lowest BCUT2D eigenvalue weighted by Gasteiger charge is -2.31. The Bertz CT molecular complexity index is 991. The van der Waals surface area contributed by atoms with Gasteiger partial charge in [0.2, 0.25) is 5.78 Å². The van der Waals surface area contributed by atoms with Crippen molar-refractivity contribution < 1.29 is 23.5 Å². The molecule has 2 aromatic rings. The van der Waals surface area contributed by atoms with Crippen molar-refractivity contribution in [2.45, 2.75) is 46.6 Å². The number of rotatable bonds is 5. The minimum absolute atomic E-state index is 0.180. The second kappa shape index (κ2) is 9.41. The molecular weight excluding hydrogens is 397 g/mol. The van der Waals surface area contributed by atoms with Gasteiger partial charge in [0.15, 0.2) is 6.10 Å². The number of Topliss-reactive ketones (excluding diaryl/α,β-unsaturated/α-hetero) is 1. The molecule has 1 aliphatic rings. The largest absolute Gasteiger partial charge is 0.454 e. The SMILES string of the molecule is Cc1cc(C)c(C(=O)[C@H](C)OC(=O)C2CCN(C(=O)c3ccc(F)cc3)CC2)cc1C. The Labute approximate surface area is 182 Å². The van der Waals surface area contributed by atoms with Crippen LogP contribution in [-0.2, 0) is 9.53 Å². The molecule has 0 saturated carbocycles. The number of likely N-dealkylation sites (tertiary alicyclic amines) is 1. The van der Waals surface area contributed by atoms with Gasteiger partial charge >= 0.3 is 5.97 Å². The van der Waals surface area contributed by atoms with Gasteiger partial charge in [-0.3, -0.25) is 14.4 Å². The number of carbonyl (C=O) groups is 3. The number of benzene rings is 2. The molecule has 1 amide bonds. The molecule has 0 aliphatic carbocycles. The van der Waals surface area contributed by atoms with Gasteiger partial charge in [-0.05, 0) is 87.6 Å². The molecule has 1 fully saturated rings. The normalized spacial score (nSPS) is 15.5. The average Bonchev–Trinajstić information content (AvgIpc) is 2.76. The van der Waals surface area contributed by atoms with E-state index in [9.17, 15) is 18.8 Å². The second-order valence-corrected chi connectivity index (χ2v) is 8.27. The number of esters is 1. The Morgan fingerprint density at radius 3 is 2.16 bits per heavy atom. The lowest BCUT2D eigenvalue weighted by atomic mass is 9.95. The molecule has 0 bridgehead atoms. The number of hydrogen-bond acceptors (Lipinski definition) is 4. The summed E-state index contributed by atoms with van der Waals surface area (Å²) in [6.45, 7) is 8.24. The van der Waals surface area contributed by atoms with Gasteiger partial charge in [-0.1, -0.05) is 6.07 Å². The maximum Gasteiger partial charge on any atom is 0.309 e. The van der Waals surface area contributed by atoms with E-state index in [2.05, 4.69) is 0 Å². The van der Waals surface area contributed by atoms with E-state index in [1.807, 2.05) is 32.9 Å². The van der Waals surface area contributed by atoms with Crippen LogP contribution >= 0.6 is 0 Å². The van der Waals surface area contributed by atoms with E-state index < -0.39 is 17.9 Å². The number of ketones is 1. The van der Waals surface area contributed by atoms with Crippen LogP contribution in [0, 0.1) is 32.5 Å². The molecule has 0 spiro atoms. The first kappa shape index (κ1) is 22.7. The molecule has 1 atom stereocenters. The van der Waals surface area contributed by atoms with Gasteiger partial charge in [-0.15, -0.1) is 0 Å². The van der Waals surface area contributed by atoms with Crippen LogP contribution in [-0.4, -0.2) is 41.8 Å². The summed E-state index contributed by atoms with van der Waals surface area (Å²) in [5, 5.41) is 0. The monoisotopic (exact) mass is 425 g/mol. The molecule has 1 heterocycles. The van der Waals surface area contributed by atoms with Crippen LogP contribution in [0.25, 0.3) is 0 Å². The second-order valence-electron chi connectivity index (χ2n) is 8.27. The summed E-state index contributed by atoms with van der Waals surface area (Å²) >= 11 is 0. The Kier molecular flexibility index (Phi) is 6.88. The lowest BCUT2D eigenvalue weighted by molar-refractivity contribution is -0.152. The summed E-state index contributed by atoms with van der Waals surface area (Å²) in [4.78, 5) is 39.6. The van der Waals surface area contributed by atoms with Crippen molar-refractivity contribution in [1.29, 1.82) is 0 Å². The van der Waals surface area contributed by atoms with Gasteiger partial charge in [0.05, 0.1) is 5.92 Å². The molecule has 0 aromatic heterocycles. The zero-order valence-corrected chi connectivity index (χ0v) is 18.4. The lowest BCUT2D eigenvalue weighted by Crippen LogP contribution is -2.41. The zero-order chi connectivity index (χ0) is 22.7. The zero-order valence-electron chi connectivity index (χ0n) is 18.4. The van der Waals surface area contributed by atoms with Crippen molar-refractivity contribution in [3.05, 3.63) is 70.0 Å². The fraction of sp³-hybridized carbons (Fsp3) is 0.400. The predicted octanol–water partition coefficient (Wildman–Crippen LogP) is 4.42. The number of aryl methyl sites for hydroxylation is 3. The van der Waals surface area contributed by atoms with Crippen LogP contribution in [0.4, 0.5) is 4.39 Å². The Hall–Kier alpha value is -3.02. The molecule has 0 unspecified atom stereocenters. The van der Waals surface area contributed by atoms with E-state index in [-0.39, 0.29) is 17.6 Å². The molecule has 164 valence electrons. The number of amides is 1. The number of piperidine rings is 1. The third-order valence-electron chi connectivity index (χ3n) is 5.97. The van der Waals surface area contributed by atoms with E-state index >= 15 is 0 Å². The minimum Gasteiger partial charge on any atom is -0.454 e. The van der Waals surface area contributed by atoms with Crippen LogP contribution in [0.3, 0.4) is 0 Å². The molecule has 5 nitrogen and oxygen atoms in total. The van der Waals surface area contributed by atoms with E-state index in [1.165, 1.54) is 24.3 Å². The fourth-order valence-corrected chi connectivity index (χ4v) is 3.86. The van der Waals surface area contributed by atoms with E-state index in [0.29, 0.717) is 37.1 Å². The van der Waals surface area contributed by atoms with Gasteiger partial charge in [0, 0.05) is 24.2 Å². The minimum atomic E-state index is -0.868. The molecule has 1 saturated heterocycles. The van der Waals surface area contributed by atoms with Crippen LogP contribution in [0.2, 0.25) is 0 Å². The van der Waals surface area contributed by atoms with Crippen molar-refractivity contribution in [3.8, 4) is 0 Å². The van der Waals surface area contributed by atoms with Crippen molar-refractivity contribution in [2.24, 2.45) is 5.92 Å². The van der Waals surface area contributed by atoms with Gasteiger partial charge < -0.3 is 9.64 Å². The fourth-order valence-electron chi connectivity index (χ4n) is 3.86. The summed E-state index contributed by atoms with van der Waals surface area (Å²) in [6.07, 6.45) is 0.0669. The van der Waals surface area contributed by atoms with E-state index in [1.54, 1.807) is 11.8 Å². The number of ether oxygens (including phenoxy) is 1. The highest BCUT2D eigenvalue weighted by Gasteiger charge is 2.31. The van der Waals surface area contributed by atoms with E-state index in [0.717, 1.165) is 16.7 Å². The van der Waals surface area contributed by atoms with Gasteiger partial charge in [0.1, 0.15) is 5.82 Å². The topological polar surface area (TPSA) is 63.7 Å². The molecule has 31 heavy (non-hydrogen) atoms. The summed E-state index contributed by atoms with van der Waals surface area (Å²) in [5.41, 5.74) is 3.99. The van der Waals surface area contributed by atoms with Crippen molar-refractivity contribution in [1.82, 2.24) is 4.90 Å². The highest BCUT2D eigenvalue weighted by Crippen LogP contribution is 2.23. The Morgan fingerprint density at radius 2 is 1.55 bits per heavy atom. The molecular formula is C25H28FNO4. The number of carbonyl (C=O) groups excluding carboxylic acids is 3. The first-order valence-corrected chi connectivity index (χ1v) is 10.5. The summed E-state index contributed by atoms with van der Waals surface area (Å²) in [5.74, 6) is -1.54. The highest BCUT2D eigenvalue weighted by atomic mass is 19.1. The maximum absolute atomic E-state index is 13.1. The van der Waals surface area contributed by atoms with Crippen LogP contribution in [0.15, 0.2) is 36.4 Å². The smallest absolute Gasteiger partial charge is 0.309 e. The summed E-state index contributed by atoms with van der Waals surface area (Å²) < 4.78 is 18.6. The van der Waals surface area contributed by atoms with Crippen LogP contribution in [0.5, 0.6) is 0 Å². The van der Waals surface area contributed by atoms with Crippen molar-refractivity contribution in [2.75, 3.05) is 13.1 Å². The van der Waals surface area contributed by atoms with Gasteiger partial charge in [0.25, 0.3) is 5.91 Å². The quantitative estimate of drug-likeness (QED) is 0.526. The predicted molar refractivity (Wildman–Crippen MR) is 116 cm³/mol.